The van der Waals surface area contributed by atoms with Crippen LogP contribution in [-0.4, -0.2) is 28.7 Å². The Morgan fingerprint density at radius 3 is 2.44 bits per heavy atom. The molecule has 0 saturated carbocycles. The number of carboxylic acids is 1. The summed E-state index contributed by atoms with van der Waals surface area (Å²) in [5, 5.41) is 10.7. The minimum absolute atomic E-state index is 0.0964. The van der Waals surface area contributed by atoms with E-state index < -0.39 is 11.9 Å². The van der Waals surface area contributed by atoms with Crippen LogP contribution < -0.4 is 5.11 Å². The Balaban J connectivity index is 2.49. The molecule has 2 rings (SSSR count). The number of aromatic carboxylic acids is 1. The van der Waals surface area contributed by atoms with Crippen LogP contribution in [0.15, 0.2) is 18.2 Å². The van der Waals surface area contributed by atoms with Crippen molar-refractivity contribution in [3.8, 4) is 0 Å². The van der Waals surface area contributed by atoms with Gasteiger partial charge in [-0.25, -0.2) is 0 Å². The van der Waals surface area contributed by atoms with Gasteiger partial charge < -0.3 is 9.90 Å². The zero-order valence-electron chi connectivity index (χ0n) is 10.1. The highest BCUT2D eigenvalue weighted by molar-refractivity contribution is 6.22. The normalized spacial score (nSPS) is 15.8. The van der Waals surface area contributed by atoms with Crippen molar-refractivity contribution >= 4 is 17.8 Å². The van der Waals surface area contributed by atoms with Gasteiger partial charge in [-0.2, -0.15) is 0 Å². The molecule has 94 valence electrons. The molecule has 0 radical (unpaired) electrons. The van der Waals surface area contributed by atoms with Gasteiger partial charge in [0.05, 0.1) is 17.1 Å². The summed E-state index contributed by atoms with van der Waals surface area (Å²) < 4.78 is 0. The Morgan fingerprint density at radius 2 is 1.89 bits per heavy atom. The number of fused-ring (bicyclic) bond motifs is 1. The van der Waals surface area contributed by atoms with Gasteiger partial charge in [-0.05, 0) is 31.0 Å². The molecule has 0 N–H and O–H groups in total. The van der Waals surface area contributed by atoms with Crippen LogP contribution in [0.2, 0.25) is 0 Å². The van der Waals surface area contributed by atoms with Gasteiger partial charge in [0.1, 0.15) is 0 Å². The van der Waals surface area contributed by atoms with Crippen LogP contribution in [0.3, 0.4) is 0 Å². The van der Waals surface area contributed by atoms with Crippen LogP contribution in [0, 0.1) is 0 Å². The average Bonchev–Trinajstić information content (AvgIpc) is 2.61. The van der Waals surface area contributed by atoms with E-state index in [1.165, 1.54) is 23.1 Å². The minimum atomic E-state index is -1.36. The molecule has 1 atom stereocenters. The predicted octanol–water partition coefficient (Wildman–Crippen LogP) is 0.445. The zero-order chi connectivity index (χ0) is 13.4. The summed E-state index contributed by atoms with van der Waals surface area (Å²) in [6.07, 6.45) is 0.652. The van der Waals surface area contributed by atoms with Crippen molar-refractivity contribution in [1.82, 2.24) is 4.90 Å². The van der Waals surface area contributed by atoms with Crippen LogP contribution >= 0.6 is 0 Å². The standard InChI is InChI=1S/C13H13NO4/c1-3-7(2)14-11(15)9-5-4-8(13(17)18)6-10(9)12(14)16/h4-7H,3H2,1-2H3,(H,17,18)/p-1/t7-/m1/s1. The smallest absolute Gasteiger partial charge is 0.261 e. The highest BCUT2D eigenvalue weighted by Gasteiger charge is 2.37. The Hall–Kier alpha value is -2.17. The molecular formula is C13H12NO4-. The molecule has 5 nitrogen and oxygen atoms in total. The molecule has 0 saturated heterocycles. The molecule has 1 aromatic rings. The fourth-order valence-electron chi connectivity index (χ4n) is 1.97. The number of imide groups is 1. The first-order valence-corrected chi connectivity index (χ1v) is 5.70. The molecule has 1 aromatic carbocycles. The summed E-state index contributed by atoms with van der Waals surface area (Å²) >= 11 is 0. The first-order valence-electron chi connectivity index (χ1n) is 5.70. The lowest BCUT2D eigenvalue weighted by atomic mass is 10.1. The SMILES string of the molecule is CC[C@@H](C)N1C(=O)c2ccc(C(=O)[O-])cc2C1=O. The summed E-state index contributed by atoms with van der Waals surface area (Å²) in [5.74, 6) is -2.17. The number of benzene rings is 1. The zero-order valence-corrected chi connectivity index (χ0v) is 10.1. The van der Waals surface area contributed by atoms with Crippen molar-refractivity contribution in [3.05, 3.63) is 34.9 Å². The number of amides is 2. The Labute approximate surface area is 104 Å². The fourth-order valence-corrected chi connectivity index (χ4v) is 1.97. The molecule has 1 heterocycles. The van der Waals surface area contributed by atoms with E-state index >= 15 is 0 Å². The molecule has 0 aliphatic carbocycles. The molecule has 0 aromatic heterocycles. The first-order chi connectivity index (χ1) is 8.47. The van der Waals surface area contributed by atoms with Gasteiger partial charge in [-0.15, -0.1) is 0 Å². The van der Waals surface area contributed by atoms with Crippen molar-refractivity contribution in [2.45, 2.75) is 26.3 Å². The lowest BCUT2D eigenvalue weighted by Gasteiger charge is -2.20. The second-order valence-electron chi connectivity index (χ2n) is 4.29. The number of carbonyl (C=O) groups excluding carboxylic acids is 3. The van der Waals surface area contributed by atoms with Gasteiger partial charge in [-0.1, -0.05) is 13.0 Å². The van der Waals surface area contributed by atoms with E-state index in [0.29, 0.717) is 6.42 Å². The minimum Gasteiger partial charge on any atom is -0.545 e. The summed E-state index contributed by atoms with van der Waals surface area (Å²) in [4.78, 5) is 36.0. The van der Waals surface area contributed by atoms with Crippen LogP contribution in [-0.2, 0) is 0 Å². The number of carbonyl (C=O) groups is 3. The van der Waals surface area contributed by atoms with E-state index in [-0.39, 0.29) is 28.6 Å². The van der Waals surface area contributed by atoms with Crippen LogP contribution in [0.5, 0.6) is 0 Å². The molecule has 1 aliphatic rings. The summed E-state index contributed by atoms with van der Waals surface area (Å²) in [7, 11) is 0. The first kappa shape index (κ1) is 12.3. The molecule has 1 aliphatic heterocycles. The Kier molecular flexibility index (Phi) is 2.90. The third kappa shape index (κ3) is 1.68. The highest BCUT2D eigenvalue weighted by atomic mass is 16.4. The summed E-state index contributed by atoms with van der Waals surface area (Å²) in [5.41, 5.74) is 0.299. The summed E-state index contributed by atoms with van der Waals surface area (Å²) in [6, 6.07) is 3.64. The van der Waals surface area contributed by atoms with Crippen molar-refractivity contribution in [3.63, 3.8) is 0 Å². The Morgan fingerprint density at radius 1 is 1.28 bits per heavy atom. The van der Waals surface area contributed by atoms with Crippen LogP contribution in [0.25, 0.3) is 0 Å². The van der Waals surface area contributed by atoms with E-state index in [2.05, 4.69) is 0 Å². The fraction of sp³-hybridized carbons (Fsp3) is 0.308. The average molecular weight is 246 g/mol. The molecule has 0 bridgehead atoms. The van der Waals surface area contributed by atoms with Crippen LogP contribution in [0.4, 0.5) is 0 Å². The van der Waals surface area contributed by atoms with E-state index in [9.17, 15) is 19.5 Å². The maximum atomic E-state index is 12.1. The maximum absolute atomic E-state index is 12.1. The predicted molar refractivity (Wildman–Crippen MR) is 61.0 cm³/mol. The van der Waals surface area contributed by atoms with Gasteiger partial charge in [0.2, 0.25) is 0 Å². The molecule has 0 fully saturated rings. The summed E-state index contributed by atoms with van der Waals surface area (Å²) in [6.45, 7) is 3.65. The number of rotatable bonds is 3. The highest BCUT2D eigenvalue weighted by Crippen LogP contribution is 2.26. The molecule has 0 unspecified atom stereocenters. The third-order valence-corrected chi connectivity index (χ3v) is 3.19. The van der Waals surface area contributed by atoms with E-state index in [4.69, 9.17) is 0 Å². The van der Waals surface area contributed by atoms with Crippen molar-refractivity contribution in [2.75, 3.05) is 0 Å². The molecular weight excluding hydrogens is 234 g/mol. The molecule has 18 heavy (non-hydrogen) atoms. The molecule has 2 amide bonds. The number of nitrogens with zero attached hydrogens (tertiary/aromatic N) is 1. The van der Waals surface area contributed by atoms with Gasteiger partial charge in [0.15, 0.2) is 0 Å². The van der Waals surface area contributed by atoms with E-state index in [1.807, 2.05) is 6.92 Å². The van der Waals surface area contributed by atoms with Gasteiger partial charge in [-0.3, -0.25) is 14.5 Å². The van der Waals surface area contributed by atoms with E-state index in [1.54, 1.807) is 6.92 Å². The van der Waals surface area contributed by atoms with E-state index in [0.717, 1.165) is 0 Å². The monoisotopic (exact) mass is 246 g/mol. The lowest BCUT2D eigenvalue weighted by molar-refractivity contribution is -0.255. The molecule has 0 spiro atoms. The van der Waals surface area contributed by atoms with Crippen molar-refractivity contribution in [2.24, 2.45) is 0 Å². The quantitative estimate of drug-likeness (QED) is 0.725. The van der Waals surface area contributed by atoms with Crippen molar-refractivity contribution in [1.29, 1.82) is 0 Å². The second kappa shape index (κ2) is 4.25. The van der Waals surface area contributed by atoms with Gasteiger partial charge >= 0.3 is 0 Å². The van der Waals surface area contributed by atoms with Crippen molar-refractivity contribution < 1.29 is 19.5 Å². The lowest BCUT2D eigenvalue weighted by Crippen LogP contribution is -2.37. The topological polar surface area (TPSA) is 77.5 Å². The maximum Gasteiger partial charge on any atom is 0.261 e. The van der Waals surface area contributed by atoms with Gasteiger partial charge in [0, 0.05) is 6.04 Å². The largest absolute Gasteiger partial charge is 0.545 e. The van der Waals surface area contributed by atoms with Crippen LogP contribution in [0.1, 0.15) is 51.3 Å². The number of hydrogen-bond acceptors (Lipinski definition) is 4. The Bertz CT molecular complexity index is 550. The second-order valence-corrected chi connectivity index (χ2v) is 4.29. The third-order valence-electron chi connectivity index (χ3n) is 3.19. The number of carboxylic acid groups (broad SMARTS) is 1. The number of hydrogen-bond donors (Lipinski definition) is 0. The molecule has 5 heteroatoms. The van der Waals surface area contributed by atoms with Gasteiger partial charge in [0.25, 0.3) is 11.8 Å².